The van der Waals surface area contributed by atoms with Gasteiger partial charge < -0.3 is 15.2 Å². The molecule has 1 saturated heterocycles. The number of allylic oxidation sites excluding steroid dienone is 12. The minimum absolute atomic E-state index is 0.0915. The van der Waals surface area contributed by atoms with Crippen molar-refractivity contribution in [2.45, 2.75) is 60.8 Å². The second-order valence-corrected chi connectivity index (χ2v) is 10.7. The Morgan fingerprint density at radius 3 is 2.38 bits per heavy atom. The van der Waals surface area contributed by atoms with E-state index in [4.69, 9.17) is 19.7 Å². The summed E-state index contributed by atoms with van der Waals surface area (Å²) >= 11 is 0. The van der Waals surface area contributed by atoms with Gasteiger partial charge in [0, 0.05) is 35.2 Å². The van der Waals surface area contributed by atoms with Gasteiger partial charge in [-0.25, -0.2) is 15.0 Å². The summed E-state index contributed by atoms with van der Waals surface area (Å²) < 4.78 is 4.94. The van der Waals surface area contributed by atoms with Crippen LogP contribution in [-0.2, 0) is 9.53 Å². The van der Waals surface area contributed by atoms with Crippen molar-refractivity contribution in [2.24, 2.45) is 26.8 Å². The molecule has 0 saturated carbocycles. The highest BCUT2D eigenvalue weighted by molar-refractivity contribution is 6.18. The molecule has 0 spiro atoms. The van der Waals surface area contributed by atoms with Crippen molar-refractivity contribution >= 4 is 23.1 Å². The number of carbonyl (C=O) groups is 1. The molecule has 0 unspecified atom stereocenters. The smallest absolute Gasteiger partial charge is 0.305 e. The Kier molecular flexibility index (Phi) is 7.02. The van der Waals surface area contributed by atoms with Crippen molar-refractivity contribution in [1.82, 2.24) is 5.32 Å². The fraction of sp³-hybridized carbons (Fsp3) is 0.375. The third-order valence-corrected chi connectivity index (χ3v) is 8.43. The van der Waals surface area contributed by atoms with E-state index in [-0.39, 0.29) is 17.8 Å². The van der Waals surface area contributed by atoms with E-state index in [0.717, 1.165) is 74.9 Å². The molecule has 0 amide bonds. The number of fused-ring (bicyclic) bond motifs is 5. The number of aliphatic hydroxyl groups excluding tert-OH is 1. The molecule has 39 heavy (non-hydrogen) atoms. The van der Waals surface area contributed by atoms with Crippen molar-refractivity contribution in [3.8, 4) is 0 Å². The van der Waals surface area contributed by atoms with E-state index < -0.39 is 0 Å². The normalized spacial score (nSPS) is 25.3. The van der Waals surface area contributed by atoms with Crippen LogP contribution in [0.5, 0.6) is 0 Å². The maximum atomic E-state index is 12.1. The van der Waals surface area contributed by atoms with Crippen LogP contribution in [0.4, 0.5) is 0 Å². The van der Waals surface area contributed by atoms with Crippen LogP contribution in [0.3, 0.4) is 0 Å². The first-order chi connectivity index (χ1) is 18.7. The first-order valence-corrected chi connectivity index (χ1v) is 13.6. The van der Waals surface area contributed by atoms with Crippen LogP contribution < -0.4 is 5.32 Å². The van der Waals surface area contributed by atoms with E-state index in [9.17, 15) is 9.90 Å². The van der Waals surface area contributed by atoms with Crippen LogP contribution in [0, 0.1) is 11.8 Å². The second kappa shape index (κ2) is 10.3. The highest BCUT2D eigenvalue weighted by atomic mass is 16.5. The number of nitrogens with zero attached hydrogens (tertiary/aromatic N) is 3. The fourth-order valence-electron chi connectivity index (χ4n) is 5.90. The SMILES string of the molecule is CCC1=C(C)C2=CC3=NC(=C(C)C3=CO)C=C3NC(=C(C)C4=NC(=CC1=N2)C(C)=C4)[C@@H](CCC(=O)OC)[C@@H]3C. The quantitative estimate of drug-likeness (QED) is 0.325. The van der Waals surface area contributed by atoms with Crippen LogP contribution in [0.2, 0.25) is 0 Å². The lowest BCUT2D eigenvalue weighted by Crippen LogP contribution is -2.15. The highest BCUT2D eigenvalue weighted by Crippen LogP contribution is 2.41. The van der Waals surface area contributed by atoms with Gasteiger partial charge in [0.25, 0.3) is 0 Å². The molecular formula is C32H36N4O3. The Bertz CT molecular complexity index is 1520. The van der Waals surface area contributed by atoms with E-state index in [0.29, 0.717) is 24.1 Å². The summed E-state index contributed by atoms with van der Waals surface area (Å²) in [5, 5.41) is 13.8. The Morgan fingerprint density at radius 1 is 0.974 bits per heavy atom. The van der Waals surface area contributed by atoms with Gasteiger partial charge in [-0.2, -0.15) is 0 Å². The molecule has 202 valence electrons. The minimum atomic E-state index is -0.213. The maximum Gasteiger partial charge on any atom is 0.305 e. The van der Waals surface area contributed by atoms with Gasteiger partial charge in [-0.05, 0) is 92.7 Å². The minimum Gasteiger partial charge on any atom is -0.515 e. The van der Waals surface area contributed by atoms with Gasteiger partial charge in [0.05, 0.1) is 47.6 Å². The van der Waals surface area contributed by atoms with Gasteiger partial charge in [-0.3, -0.25) is 4.79 Å². The largest absolute Gasteiger partial charge is 0.515 e. The van der Waals surface area contributed by atoms with E-state index in [1.807, 2.05) is 13.0 Å². The summed E-state index contributed by atoms with van der Waals surface area (Å²) in [5.74, 6) is -0.000916. The summed E-state index contributed by atoms with van der Waals surface area (Å²) in [7, 11) is 1.43. The zero-order valence-corrected chi connectivity index (χ0v) is 23.8. The van der Waals surface area contributed by atoms with Crippen LogP contribution in [-0.4, -0.2) is 35.3 Å². The first-order valence-electron chi connectivity index (χ1n) is 13.6. The zero-order chi connectivity index (χ0) is 28.0. The van der Waals surface area contributed by atoms with Gasteiger partial charge in [-0.15, -0.1) is 0 Å². The molecule has 5 aliphatic heterocycles. The Hall–Kier alpha value is -4.00. The molecule has 8 bridgehead atoms. The second-order valence-electron chi connectivity index (χ2n) is 10.7. The Labute approximate surface area is 230 Å². The molecular weight excluding hydrogens is 488 g/mol. The number of ether oxygens (including phenoxy) is 1. The van der Waals surface area contributed by atoms with E-state index in [1.165, 1.54) is 12.7 Å². The van der Waals surface area contributed by atoms with Gasteiger partial charge in [0.15, 0.2) is 0 Å². The van der Waals surface area contributed by atoms with Crippen molar-refractivity contribution in [1.29, 1.82) is 0 Å². The van der Waals surface area contributed by atoms with E-state index in [2.05, 4.69) is 58.2 Å². The van der Waals surface area contributed by atoms with Crippen LogP contribution >= 0.6 is 0 Å². The summed E-state index contributed by atoms with van der Waals surface area (Å²) in [4.78, 5) is 27.0. The topological polar surface area (TPSA) is 95.6 Å². The average molecular weight is 525 g/mol. The summed E-state index contributed by atoms with van der Waals surface area (Å²) in [5.41, 5.74) is 13.2. The van der Waals surface area contributed by atoms with Gasteiger partial charge >= 0.3 is 5.97 Å². The van der Waals surface area contributed by atoms with Crippen LogP contribution in [0.25, 0.3) is 0 Å². The van der Waals surface area contributed by atoms with E-state index in [1.54, 1.807) is 0 Å². The predicted molar refractivity (Wildman–Crippen MR) is 156 cm³/mol. The number of methoxy groups -OCH3 is 1. The number of esters is 1. The molecule has 0 aromatic carbocycles. The molecule has 7 heteroatoms. The number of hydrogen-bond donors (Lipinski definition) is 2. The lowest BCUT2D eigenvalue weighted by Gasteiger charge is -2.17. The highest BCUT2D eigenvalue weighted by Gasteiger charge is 2.36. The van der Waals surface area contributed by atoms with Crippen LogP contribution in [0.1, 0.15) is 60.8 Å². The molecule has 5 rings (SSSR count). The standard InChI is InChI=1S/C32H36N4O3/c1-8-21-17(3)27-14-30-23(15-37)19(5)26(35-30)13-28-18(4)22(9-10-31(38)39-7)32(36-28)20(6)25-11-16(2)24(33-25)12-29(21)34-27/h11-15,18,22,36-37H,8-10H2,1-7H3/t18-,22-/m0/s1. The number of nitrogens with one attached hydrogen (secondary N) is 1. The molecule has 2 N–H and O–H groups in total. The Balaban J connectivity index is 1.73. The van der Waals surface area contributed by atoms with Crippen LogP contribution in [0.15, 0.2) is 107 Å². The number of hydrogen-bond acceptors (Lipinski definition) is 7. The average Bonchev–Trinajstić information content (AvgIpc) is 3.61. The van der Waals surface area contributed by atoms with Crippen molar-refractivity contribution in [3.63, 3.8) is 0 Å². The van der Waals surface area contributed by atoms with Gasteiger partial charge in [0.2, 0.25) is 0 Å². The molecule has 0 aliphatic carbocycles. The zero-order valence-electron chi connectivity index (χ0n) is 23.8. The third-order valence-electron chi connectivity index (χ3n) is 8.43. The number of rotatable bonds is 4. The lowest BCUT2D eigenvalue weighted by atomic mass is 9.86. The summed E-state index contributed by atoms with van der Waals surface area (Å²) in [6, 6.07) is 0. The molecule has 0 aromatic heterocycles. The molecule has 0 aromatic rings. The van der Waals surface area contributed by atoms with Crippen molar-refractivity contribution < 1.29 is 14.6 Å². The molecule has 1 fully saturated rings. The van der Waals surface area contributed by atoms with Gasteiger partial charge in [0.1, 0.15) is 0 Å². The summed E-state index contributed by atoms with van der Waals surface area (Å²) in [6.07, 6.45) is 11.2. The number of aliphatic imine (C=N–C) groups is 3. The van der Waals surface area contributed by atoms with E-state index >= 15 is 0 Å². The molecule has 5 aliphatic rings. The first kappa shape index (κ1) is 26.6. The lowest BCUT2D eigenvalue weighted by molar-refractivity contribution is -0.140. The predicted octanol–water partition coefficient (Wildman–Crippen LogP) is 6.49. The summed E-state index contributed by atoms with van der Waals surface area (Å²) in [6.45, 7) is 12.6. The fourth-order valence-corrected chi connectivity index (χ4v) is 5.90. The molecule has 7 nitrogen and oxygen atoms in total. The number of carbonyl (C=O) groups excluding carboxylic acids is 1. The van der Waals surface area contributed by atoms with Crippen molar-refractivity contribution in [2.75, 3.05) is 7.11 Å². The molecule has 5 heterocycles. The van der Waals surface area contributed by atoms with Crippen molar-refractivity contribution in [3.05, 3.63) is 92.5 Å². The monoisotopic (exact) mass is 524 g/mol. The Morgan fingerprint density at radius 2 is 1.69 bits per heavy atom. The number of aliphatic hydroxyl groups is 1. The third kappa shape index (κ3) is 4.60. The maximum absolute atomic E-state index is 12.1. The molecule has 2 atom stereocenters. The van der Waals surface area contributed by atoms with Gasteiger partial charge in [-0.1, -0.05) is 13.8 Å². The molecule has 0 radical (unpaired) electrons.